The normalized spacial score (nSPS) is 11.5. The van der Waals surface area contributed by atoms with Crippen LogP contribution in [0, 0.1) is 6.92 Å². The fraction of sp³-hybridized carbons (Fsp3) is 0.167. The summed E-state index contributed by atoms with van der Waals surface area (Å²) in [6.45, 7) is 1.68. The second-order valence-corrected chi connectivity index (χ2v) is 8.01. The molecule has 0 saturated heterocycles. The third-order valence-electron chi connectivity index (χ3n) is 4.09. The maximum atomic E-state index is 12.9. The molecule has 8 nitrogen and oxygen atoms in total. The molecule has 1 amide bonds. The van der Waals surface area contributed by atoms with E-state index in [9.17, 15) is 18.0 Å². The van der Waals surface area contributed by atoms with Crippen LogP contribution in [0.1, 0.15) is 21.6 Å². The van der Waals surface area contributed by atoms with Crippen molar-refractivity contribution < 1.29 is 22.7 Å². The second kappa shape index (κ2) is 8.07. The van der Waals surface area contributed by atoms with Crippen molar-refractivity contribution in [3.8, 4) is 5.88 Å². The third-order valence-corrected chi connectivity index (χ3v) is 5.85. The average Bonchev–Trinajstić information content (AvgIpc) is 3.30. The molecule has 4 rings (SSSR count). The molecule has 0 aromatic carbocycles. The zero-order valence-electron chi connectivity index (χ0n) is 15.9. The maximum Gasteiger partial charge on any atom is 0.417 e. The monoisotopic (exact) mass is 466 g/mol. The van der Waals surface area contributed by atoms with Crippen LogP contribution in [0.25, 0.3) is 10.3 Å². The van der Waals surface area contributed by atoms with E-state index in [1.807, 2.05) is 0 Å². The molecule has 2 N–H and O–H groups in total. The Hall–Kier alpha value is -3.32. The lowest BCUT2D eigenvalue weighted by Gasteiger charge is -2.07. The first kappa shape index (κ1) is 20.9. The number of hydrogen-bond donors (Lipinski definition) is 2. The molecule has 0 aliphatic rings. The molecule has 0 aliphatic carbocycles. The van der Waals surface area contributed by atoms with Crippen molar-refractivity contribution in [1.29, 1.82) is 0 Å². The number of carbonyl (C=O) groups is 1. The van der Waals surface area contributed by atoms with Gasteiger partial charge in [0.15, 0.2) is 10.8 Å². The van der Waals surface area contributed by atoms with E-state index in [2.05, 4.69) is 30.0 Å². The van der Waals surface area contributed by atoms with E-state index in [4.69, 9.17) is 4.74 Å². The van der Waals surface area contributed by atoms with E-state index in [1.54, 1.807) is 19.1 Å². The number of aromatic nitrogens is 4. The van der Waals surface area contributed by atoms with Crippen LogP contribution in [0.3, 0.4) is 0 Å². The van der Waals surface area contributed by atoms with Gasteiger partial charge in [-0.2, -0.15) is 22.5 Å². The van der Waals surface area contributed by atoms with E-state index in [0.717, 1.165) is 35.1 Å². The molecule has 0 atom stereocenters. The molecule has 4 aromatic heterocycles. The van der Waals surface area contributed by atoms with Crippen LogP contribution >= 0.6 is 22.9 Å². The first-order valence-electron chi connectivity index (χ1n) is 8.63. The van der Waals surface area contributed by atoms with Crippen LogP contribution in [0.5, 0.6) is 5.88 Å². The van der Waals surface area contributed by atoms with Crippen LogP contribution in [0.4, 0.5) is 29.0 Å². The third kappa shape index (κ3) is 4.41. The quantitative estimate of drug-likeness (QED) is 0.432. The minimum atomic E-state index is -4.49. The Labute approximate surface area is 181 Å². The van der Waals surface area contributed by atoms with Crippen molar-refractivity contribution in [2.75, 3.05) is 17.7 Å². The molecular formula is C18H13F3N6O2S2. The van der Waals surface area contributed by atoms with Gasteiger partial charge in [-0.15, -0.1) is 0 Å². The van der Waals surface area contributed by atoms with E-state index in [-0.39, 0.29) is 10.3 Å². The summed E-state index contributed by atoms with van der Waals surface area (Å²) < 4.78 is 48.2. The number of nitrogens with one attached hydrogen (secondary N) is 2. The van der Waals surface area contributed by atoms with Crippen LogP contribution in [-0.2, 0) is 6.18 Å². The molecule has 0 unspecified atom stereocenters. The Morgan fingerprint density at radius 2 is 2.00 bits per heavy atom. The molecule has 4 aromatic rings. The average molecular weight is 466 g/mol. The number of alkyl halides is 3. The smallest absolute Gasteiger partial charge is 0.417 e. The summed E-state index contributed by atoms with van der Waals surface area (Å²) in [6, 6.07) is 4.24. The van der Waals surface area contributed by atoms with Crippen molar-refractivity contribution in [2.45, 2.75) is 13.1 Å². The molecule has 4 heterocycles. The number of carbonyl (C=O) groups excluding carboxylic acids is 1. The summed E-state index contributed by atoms with van der Waals surface area (Å²) in [5.41, 5.74) is 0.578. The highest BCUT2D eigenvalue weighted by Gasteiger charge is 2.31. The lowest BCUT2D eigenvalue weighted by molar-refractivity contribution is -0.137. The largest absolute Gasteiger partial charge is 0.481 e. The highest BCUT2D eigenvalue weighted by atomic mass is 32.1. The molecule has 0 aliphatic heterocycles. The highest BCUT2D eigenvalue weighted by molar-refractivity contribution is 7.22. The molecule has 0 radical (unpaired) electrons. The van der Waals surface area contributed by atoms with Crippen molar-refractivity contribution in [3.63, 3.8) is 0 Å². The number of nitrogens with zero attached hydrogens (tertiary/aromatic N) is 4. The van der Waals surface area contributed by atoms with Gasteiger partial charge >= 0.3 is 6.18 Å². The van der Waals surface area contributed by atoms with Gasteiger partial charge in [-0.3, -0.25) is 4.79 Å². The predicted octanol–water partition coefficient (Wildman–Crippen LogP) is 4.87. The minimum Gasteiger partial charge on any atom is -0.481 e. The van der Waals surface area contributed by atoms with Gasteiger partial charge in [-0.1, -0.05) is 11.3 Å². The van der Waals surface area contributed by atoms with E-state index >= 15 is 0 Å². The fourth-order valence-electron chi connectivity index (χ4n) is 2.62. The maximum absolute atomic E-state index is 12.9. The van der Waals surface area contributed by atoms with Gasteiger partial charge in [0.25, 0.3) is 5.91 Å². The summed E-state index contributed by atoms with van der Waals surface area (Å²) in [4.78, 5) is 24.8. The number of ether oxygens (including phenoxy) is 1. The number of aryl methyl sites for hydroxylation is 1. The Bertz CT molecular complexity index is 1250. The van der Waals surface area contributed by atoms with Gasteiger partial charge in [0.05, 0.1) is 40.5 Å². The number of rotatable bonds is 5. The first-order chi connectivity index (χ1) is 14.7. The lowest BCUT2D eigenvalue weighted by atomic mass is 10.2. The summed E-state index contributed by atoms with van der Waals surface area (Å²) in [7, 11) is 1.49. The van der Waals surface area contributed by atoms with Crippen molar-refractivity contribution in [2.24, 2.45) is 0 Å². The van der Waals surface area contributed by atoms with Crippen molar-refractivity contribution in [3.05, 3.63) is 47.4 Å². The topological polar surface area (TPSA) is 102 Å². The molecule has 160 valence electrons. The van der Waals surface area contributed by atoms with Crippen LogP contribution in [-0.4, -0.2) is 32.3 Å². The number of anilines is 3. The molecular weight excluding hydrogens is 453 g/mol. The number of hydrogen-bond acceptors (Lipinski definition) is 9. The van der Waals surface area contributed by atoms with Gasteiger partial charge < -0.3 is 15.4 Å². The Morgan fingerprint density at radius 3 is 2.68 bits per heavy atom. The standard InChI is InChI=1S/C18H13F3N6O2S2/c1-8-13(15(28)24-10-3-4-12(29-2)22-7-10)16(31-27-8)26-17-25-14-11(30-17)5-9(6-23-14)18(19,20)21/h3-7H,1-2H3,(H,24,28)(H,23,25,26). The Balaban J connectivity index is 1.58. The molecule has 0 bridgehead atoms. The van der Waals surface area contributed by atoms with Crippen LogP contribution < -0.4 is 15.4 Å². The molecule has 0 spiro atoms. The Morgan fingerprint density at radius 1 is 1.19 bits per heavy atom. The number of methoxy groups -OCH3 is 1. The van der Waals surface area contributed by atoms with Gasteiger partial charge in [-0.25, -0.2) is 9.97 Å². The van der Waals surface area contributed by atoms with Crippen molar-refractivity contribution in [1.82, 2.24) is 19.3 Å². The zero-order chi connectivity index (χ0) is 22.2. The van der Waals surface area contributed by atoms with Gasteiger partial charge in [0.2, 0.25) is 5.88 Å². The fourth-order valence-corrected chi connectivity index (χ4v) is 4.34. The molecule has 31 heavy (non-hydrogen) atoms. The zero-order valence-corrected chi connectivity index (χ0v) is 17.6. The number of fused-ring (bicyclic) bond motifs is 1. The molecule has 0 fully saturated rings. The summed E-state index contributed by atoms with van der Waals surface area (Å²) in [6.07, 6.45) is -2.30. The number of amides is 1. The predicted molar refractivity (Wildman–Crippen MR) is 111 cm³/mol. The summed E-state index contributed by atoms with van der Waals surface area (Å²) in [5.74, 6) is -0.00817. The van der Waals surface area contributed by atoms with Gasteiger partial charge in [-0.05, 0) is 30.6 Å². The van der Waals surface area contributed by atoms with E-state index < -0.39 is 17.6 Å². The summed E-state index contributed by atoms with van der Waals surface area (Å²) in [5, 5.41) is 6.41. The second-order valence-electron chi connectivity index (χ2n) is 6.20. The summed E-state index contributed by atoms with van der Waals surface area (Å²) >= 11 is 2.04. The minimum absolute atomic E-state index is 0.178. The van der Waals surface area contributed by atoms with Gasteiger partial charge in [0.1, 0.15) is 5.00 Å². The SMILES string of the molecule is COc1ccc(NC(=O)c2c(C)nsc2Nc2nc3ncc(C(F)(F)F)cc3s2)cn1. The highest BCUT2D eigenvalue weighted by Crippen LogP contribution is 2.35. The molecule has 0 saturated carbocycles. The van der Waals surface area contributed by atoms with Crippen molar-refractivity contribution >= 4 is 54.9 Å². The first-order valence-corrected chi connectivity index (χ1v) is 10.2. The van der Waals surface area contributed by atoms with Crippen LogP contribution in [0.15, 0.2) is 30.6 Å². The molecule has 13 heteroatoms. The number of pyridine rings is 2. The van der Waals surface area contributed by atoms with E-state index in [1.165, 1.54) is 13.3 Å². The van der Waals surface area contributed by atoms with Gasteiger partial charge in [0, 0.05) is 12.3 Å². The Kier molecular flexibility index (Phi) is 5.45. The number of thiazole rings is 1. The number of halogens is 3. The lowest BCUT2D eigenvalue weighted by Crippen LogP contribution is -2.14. The van der Waals surface area contributed by atoms with E-state index in [0.29, 0.717) is 33.0 Å². The van der Waals surface area contributed by atoms with Crippen LogP contribution in [0.2, 0.25) is 0 Å².